The molecule has 1 N–H and O–H groups in total. The molecule has 0 atom stereocenters. The molecule has 4 nitrogen and oxygen atoms in total. The zero-order chi connectivity index (χ0) is 11.9. The standard InChI is InChI=1S/C10H15NO3S2/c1-7-3-10(8(2)15-7)16(13,14)11-4-9(5-11)6-12/h3,9,12H,4-6H2,1-2H3. The van der Waals surface area contributed by atoms with Crippen molar-refractivity contribution in [3.63, 3.8) is 0 Å². The highest BCUT2D eigenvalue weighted by Crippen LogP contribution is 2.31. The maximum absolute atomic E-state index is 12.2. The van der Waals surface area contributed by atoms with Crippen molar-refractivity contribution in [2.24, 2.45) is 5.92 Å². The number of nitrogens with zero attached hydrogens (tertiary/aromatic N) is 1. The Balaban J connectivity index is 2.24. The van der Waals surface area contributed by atoms with Gasteiger partial charge in [0, 0.05) is 35.4 Å². The van der Waals surface area contributed by atoms with Crippen LogP contribution >= 0.6 is 11.3 Å². The molecular weight excluding hydrogens is 246 g/mol. The van der Waals surface area contributed by atoms with Gasteiger partial charge in [0.2, 0.25) is 10.0 Å². The highest BCUT2D eigenvalue weighted by Gasteiger charge is 2.37. The third-order valence-electron chi connectivity index (χ3n) is 2.80. The van der Waals surface area contributed by atoms with Crippen molar-refractivity contribution in [1.82, 2.24) is 4.31 Å². The Bertz CT molecular complexity index is 486. The maximum Gasteiger partial charge on any atom is 0.244 e. The highest BCUT2D eigenvalue weighted by molar-refractivity contribution is 7.89. The summed E-state index contributed by atoms with van der Waals surface area (Å²) in [5, 5.41) is 8.88. The Morgan fingerprint density at radius 1 is 1.50 bits per heavy atom. The molecule has 0 bridgehead atoms. The highest BCUT2D eigenvalue weighted by atomic mass is 32.2. The summed E-state index contributed by atoms with van der Waals surface area (Å²) in [6.45, 7) is 4.67. The van der Waals surface area contributed by atoms with Crippen molar-refractivity contribution in [2.45, 2.75) is 18.7 Å². The van der Waals surface area contributed by atoms with Crippen LogP contribution in [0.25, 0.3) is 0 Å². The van der Waals surface area contributed by atoms with Gasteiger partial charge in [-0.05, 0) is 19.9 Å². The van der Waals surface area contributed by atoms with E-state index in [1.54, 1.807) is 6.07 Å². The van der Waals surface area contributed by atoms with Gasteiger partial charge in [0.15, 0.2) is 0 Å². The van der Waals surface area contributed by atoms with E-state index in [2.05, 4.69) is 0 Å². The second kappa shape index (κ2) is 4.10. The van der Waals surface area contributed by atoms with Crippen LogP contribution in [0.4, 0.5) is 0 Å². The van der Waals surface area contributed by atoms with Crippen molar-refractivity contribution in [1.29, 1.82) is 0 Å². The molecule has 16 heavy (non-hydrogen) atoms. The normalized spacial score (nSPS) is 18.7. The molecule has 1 aromatic heterocycles. The van der Waals surface area contributed by atoms with Gasteiger partial charge >= 0.3 is 0 Å². The molecule has 1 saturated heterocycles. The van der Waals surface area contributed by atoms with Crippen molar-refractivity contribution in [2.75, 3.05) is 19.7 Å². The summed E-state index contributed by atoms with van der Waals surface area (Å²) >= 11 is 1.50. The lowest BCUT2D eigenvalue weighted by Gasteiger charge is -2.36. The smallest absolute Gasteiger partial charge is 0.244 e. The summed E-state index contributed by atoms with van der Waals surface area (Å²) in [4.78, 5) is 2.27. The van der Waals surface area contributed by atoms with E-state index < -0.39 is 10.0 Å². The van der Waals surface area contributed by atoms with Crippen LogP contribution in [-0.4, -0.2) is 37.5 Å². The summed E-state index contributed by atoms with van der Waals surface area (Å²) in [5.41, 5.74) is 0. The van der Waals surface area contributed by atoms with Gasteiger partial charge in [-0.25, -0.2) is 8.42 Å². The van der Waals surface area contributed by atoms with Gasteiger partial charge in [0.25, 0.3) is 0 Å². The third kappa shape index (κ3) is 1.90. The number of rotatable bonds is 3. The molecule has 90 valence electrons. The van der Waals surface area contributed by atoms with Crippen LogP contribution in [0, 0.1) is 19.8 Å². The first-order valence-electron chi connectivity index (χ1n) is 5.13. The molecule has 1 aromatic rings. The summed E-state index contributed by atoms with van der Waals surface area (Å²) in [5.74, 6) is 0.106. The molecular formula is C10H15NO3S2. The molecule has 2 rings (SSSR count). The predicted molar refractivity (Wildman–Crippen MR) is 63.1 cm³/mol. The molecule has 1 fully saturated rings. The van der Waals surface area contributed by atoms with E-state index in [4.69, 9.17) is 5.11 Å². The second-order valence-corrected chi connectivity index (χ2v) is 7.51. The van der Waals surface area contributed by atoms with Crippen LogP contribution in [0.15, 0.2) is 11.0 Å². The summed E-state index contributed by atoms with van der Waals surface area (Å²) < 4.78 is 25.8. The van der Waals surface area contributed by atoms with Crippen molar-refractivity contribution < 1.29 is 13.5 Å². The minimum Gasteiger partial charge on any atom is -0.396 e. The fourth-order valence-corrected chi connectivity index (χ4v) is 4.95. The minimum atomic E-state index is -3.32. The van der Waals surface area contributed by atoms with Crippen LogP contribution in [0.3, 0.4) is 0 Å². The number of aliphatic hydroxyl groups excluding tert-OH is 1. The fourth-order valence-electron chi connectivity index (χ4n) is 1.84. The zero-order valence-corrected chi connectivity index (χ0v) is 10.9. The van der Waals surface area contributed by atoms with Crippen LogP contribution in [0.1, 0.15) is 9.75 Å². The van der Waals surface area contributed by atoms with Crippen molar-refractivity contribution >= 4 is 21.4 Å². The molecule has 1 aliphatic heterocycles. The number of aliphatic hydroxyl groups is 1. The Labute approximate surface area is 99.6 Å². The lowest BCUT2D eigenvalue weighted by Crippen LogP contribution is -2.51. The molecule has 0 spiro atoms. The first-order valence-corrected chi connectivity index (χ1v) is 7.39. The molecule has 6 heteroatoms. The van der Waals surface area contributed by atoms with Gasteiger partial charge in [-0.2, -0.15) is 4.31 Å². The number of aryl methyl sites for hydroxylation is 2. The second-order valence-electron chi connectivity index (χ2n) is 4.15. The summed E-state index contributed by atoms with van der Waals surface area (Å²) in [6, 6.07) is 1.72. The SMILES string of the molecule is Cc1cc(S(=O)(=O)N2CC(CO)C2)c(C)s1. The van der Waals surface area contributed by atoms with E-state index in [-0.39, 0.29) is 12.5 Å². The molecule has 0 amide bonds. The minimum absolute atomic E-state index is 0.0632. The average molecular weight is 261 g/mol. The van der Waals surface area contributed by atoms with E-state index in [0.717, 1.165) is 9.75 Å². The van der Waals surface area contributed by atoms with Crippen LogP contribution in [0.2, 0.25) is 0 Å². The molecule has 0 saturated carbocycles. The molecule has 0 unspecified atom stereocenters. The monoisotopic (exact) mass is 261 g/mol. The van der Waals surface area contributed by atoms with E-state index in [1.807, 2.05) is 13.8 Å². The number of hydrogen-bond donors (Lipinski definition) is 1. The molecule has 0 aromatic carbocycles. The predicted octanol–water partition coefficient (Wildman–Crippen LogP) is 0.978. The average Bonchev–Trinajstić information content (AvgIpc) is 2.43. The van der Waals surface area contributed by atoms with Crippen LogP contribution in [0.5, 0.6) is 0 Å². The van der Waals surface area contributed by atoms with Crippen molar-refractivity contribution in [3.05, 3.63) is 15.8 Å². The number of hydrogen-bond acceptors (Lipinski definition) is 4. The Kier molecular flexibility index (Phi) is 3.09. The van der Waals surface area contributed by atoms with E-state index in [9.17, 15) is 8.42 Å². The van der Waals surface area contributed by atoms with Crippen molar-refractivity contribution in [3.8, 4) is 0 Å². The van der Waals surface area contributed by atoms with Gasteiger partial charge in [0.1, 0.15) is 0 Å². The largest absolute Gasteiger partial charge is 0.396 e. The van der Waals surface area contributed by atoms with E-state index in [0.29, 0.717) is 18.0 Å². The molecule has 0 aliphatic carbocycles. The van der Waals surface area contributed by atoms with Gasteiger partial charge < -0.3 is 5.11 Å². The Hall–Kier alpha value is -0.430. The number of sulfonamides is 1. The number of thiophene rings is 1. The first-order chi connectivity index (χ1) is 7.45. The van der Waals surface area contributed by atoms with Gasteiger partial charge in [0.05, 0.1) is 4.90 Å². The summed E-state index contributed by atoms with van der Waals surface area (Å²) in [6.07, 6.45) is 0. The molecule has 2 heterocycles. The van der Waals surface area contributed by atoms with Crippen LogP contribution < -0.4 is 0 Å². The first kappa shape index (κ1) is 12.0. The summed E-state index contributed by atoms with van der Waals surface area (Å²) in [7, 11) is -3.32. The third-order valence-corrected chi connectivity index (χ3v) is 5.85. The van der Waals surface area contributed by atoms with Gasteiger partial charge in [-0.3, -0.25) is 0 Å². The quantitative estimate of drug-likeness (QED) is 0.882. The molecule has 1 aliphatic rings. The topological polar surface area (TPSA) is 57.6 Å². The molecule has 0 radical (unpaired) electrons. The Morgan fingerprint density at radius 2 is 2.12 bits per heavy atom. The van der Waals surface area contributed by atoms with Crippen LogP contribution in [-0.2, 0) is 10.0 Å². The Morgan fingerprint density at radius 3 is 2.56 bits per heavy atom. The fraction of sp³-hybridized carbons (Fsp3) is 0.600. The van der Waals surface area contributed by atoms with Gasteiger partial charge in [-0.1, -0.05) is 0 Å². The van der Waals surface area contributed by atoms with E-state index >= 15 is 0 Å². The maximum atomic E-state index is 12.2. The van der Waals surface area contributed by atoms with E-state index in [1.165, 1.54) is 15.6 Å². The lowest BCUT2D eigenvalue weighted by atomic mass is 10.1. The van der Waals surface area contributed by atoms with Gasteiger partial charge in [-0.15, -0.1) is 11.3 Å². The zero-order valence-electron chi connectivity index (χ0n) is 9.30. The lowest BCUT2D eigenvalue weighted by molar-refractivity contribution is 0.117.